The van der Waals surface area contributed by atoms with Gasteiger partial charge in [-0.3, -0.25) is 4.79 Å². The number of allylic oxidation sites excluding steroid dienone is 1. The van der Waals surface area contributed by atoms with Gasteiger partial charge < -0.3 is 4.90 Å². The molecule has 0 aliphatic heterocycles. The third-order valence-corrected chi connectivity index (χ3v) is 2.13. The van der Waals surface area contributed by atoms with Crippen molar-refractivity contribution in [1.82, 2.24) is 0 Å². The first-order valence-corrected chi connectivity index (χ1v) is 4.55. The average Bonchev–Trinajstić information content (AvgIpc) is 2.16. The Morgan fingerprint density at radius 2 is 2.00 bits per heavy atom. The van der Waals surface area contributed by atoms with E-state index in [1.165, 1.54) is 11.6 Å². The van der Waals surface area contributed by atoms with E-state index in [4.69, 9.17) is 0 Å². The normalized spacial score (nSPS) is 10.5. The molecule has 0 N–H and O–H groups in total. The molecule has 1 aromatic rings. The number of aryl methyl sites for hydroxylation is 1. The van der Waals surface area contributed by atoms with Crippen LogP contribution in [0.3, 0.4) is 0 Å². The van der Waals surface area contributed by atoms with Crippen LogP contribution in [0, 0.1) is 6.92 Å². The first-order valence-electron chi connectivity index (χ1n) is 4.55. The van der Waals surface area contributed by atoms with Crippen LogP contribution < -0.4 is 4.90 Å². The van der Waals surface area contributed by atoms with Gasteiger partial charge in [-0.2, -0.15) is 0 Å². The smallest absolute Gasteiger partial charge is 0.142 e. The molecule has 74 valence electrons. The first-order chi connectivity index (χ1) is 6.65. The van der Waals surface area contributed by atoms with Gasteiger partial charge >= 0.3 is 0 Å². The van der Waals surface area contributed by atoms with E-state index in [1.54, 1.807) is 0 Å². The summed E-state index contributed by atoms with van der Waals surface area (Å²) in [4.78, 5) is 12.3. The van der Waals surface area contributed by atoms with Crippen LogP contribution in [-0.4, -0.2) is 20.4 Å². The summed E-state index contributed by atoms with van der Waals surface area (Å²) in [6.07, 6.45) is 4.14. The van der Waals surface area contributed by atoms with E-state index in [1.807, 2.05) is 32.0 Å². The highest BCUT2D eigenvalue weighted by molar-refractivity contribution is 5.75. The van der Waals surface area contributed by atoms with E-state index in [0.717, 1.165) is 17.5 Å². The molecule has 0 aliphatic rings. The van der Waals surface area contributed by atoms with Crippen LogP contribution in [0.4, 0.5) is 5.69 Å². The van der Waals surface area contributed by atoms with Crippen molar-refractivity contribution in [2.24, 2.45) is 0 Å². The van der Waals surface area contributed by atoms with Gasteiger partial charge in [0.15, 0.2) is 0 Å². The molecular weight excluding hydrogens is 174 g/mol. The molecule has 0 atom stereocenters. The summed E-state index contributed by atoms with van der Waals surface area (Å²) in [5.74, 6) is 0. The Labute approximate surface area is 84.9 Å². The second kappa shape index (κ2) is 4.61. The van der Waals surface area contributed by atoms with Crippen LogP contribution in [0.5, 0.6) is 0 Å². The fourth-order valence-electron chi connectivity index (χ4n) is 1.23. The van der Waals surface area contributed by atoms with Crippen molar-refractivity contribution in [2.45, 2.75) is 6.92 Å². The lowest BCUT2D eigenvalue weighted by Gasteiger charge is -2.13. The Morgan fingerprint density at radius 1 is 1.29 bits per heavy atom. The maximum absolute atomic E-state index is 10.2. The Morgan fingerprint density at radius 3 is 2.57 bits per heavy atom. The number of rotatable bonds is 3. The lowest BCUT2D eigenvalue weighted by atomic mass is 10.1. The fourth-order valence-corrected chi connectivity index (χ4v) is 1.23. The van der Waals surface area contributed by atoms with E-state index in [9.17, 15) is 4.79 Å². The van der Waals surface area contributed by atoms with Crippen molar-refractivity contribution in [2.75, 3.05) is 19.0 Å². The Kier molecular flexibility index (Phi) is 3.46. The maximum atomic E-state index is 10.2. The summed E-state index contributed by atoms with van der Waals surface area (Å²) >= 11 is 0. The van der Waals surface area contributed by atoms with E-state index >= 15 is 0 Å². The molecule has 2 heteroatoms. The highest BCUT2D eigenvalue weighted by Crippen LogP contribution is 2.18. The average molecular weight is 189 g/mol. The maximum Gasteiger partial charge on any atom is 0.142 e. The monoisotopic (exact) mass is 189 g/mol. The number of hydrogen-bond donors (Lipinski definition) is 0. The van der Waals surface area contributed by atoms with Gasteiger partial charge in [-0.15, -0.1) is 0 Å². The number of benzene rings is 1. The van der Waals surface area contributed by atoms with Crippen LogP contribution in [0.2, 0.25) is 0 Å². The molecule has 0 unspecified atom stereocenters. The van der Waals surface area contributed by atoms with Crippen LogP contribution in [0.25, 0.3) is 6.08 Å². The number of carbonyl (C=O) groups is 1. The molecule has 0 spiro atoms. The number of hydrogen-bond acceptors (Lipinski definition) is 2. The van der Waals surface area contributed by atoms with Gasteiger partial charge in [-0.1, -0.05) is 12.1 Å². The van der Waals surface area contributed by atoms with Crippen molar-refractivity contribution >= 4 is 18.0 Å². The quantitative estimate of drug-likeness (QED) is 0.537. The predicted molar refractivity (Wildman–Crippen MR) is 60.6 cm³/mol. The number of aldehydes is 1. The molecule has 1 rings (SSSR count). The Hall–Kier alpha value is -1.57. The van der Waals surface area contributed by atoms with Crippen LogP contribution >= 0.6 is 0 Å². The van der Waals surface area contributed by atoms with Crippen LogP contribution in [-0.2, 0) is 4.79 Å². The van der Waals surface area contributed by atoms with Crippen LogP contribution in [0.1, 0.15) is 11.1 Å². The molecule has 0 saturated heterocycles. The highest BCUT2D eigenvalue weighted by Gasteiger charge is 1.98. The summed E-state index contributed by atoms with van der Waals surface area (Å²) in [7, 11) is 4.00. The summed E-state index contributed by atoms with van der Waals surface area (Å²) in [6, 6.07) is 6.18. The van der Waals surface area contributed by atoms with Crippen molar-refractivity contribution in [3.63, 3.8) is 0 Å². The zero-order chi connectivity index (χ0) is 10.6. The largest absolute Gasteiger partial charge is 0.378 e. The third kappa shape index (κ3) is 2.46. The molecule has 0 bridgehead atoms. The zero-order valence-corrected chi connectivity index (χ0v) is 8.82. The van der Waals surface area contributed by atoms with Crippen molar-refractivity contribution in [3.05, 3.63) is 35.4 Å². The molecule has 1 aromatic carbocycles. The SMILES string of the molecule is Cc1ccc(N(C)C)cc1C=CC=O. The van der Waals surface area contributed by atoms with Gasteiger partial charge in [0.25, 0.3) is 0 Å². The van der Waals surface area contributed by atoms with E-state index in [0.29, 0.717) is 0 Å². The van der Waals surface area contributed by atoms with E-state index in [2.05, 4.69) is 18.2 Å². The third-order valence-electron chi connectivity index (χ3n) is 2.13. The number of nitrogens with zero attached hydrogens (tertiary/aromatic N) is 1. The molecule has 2 nitrogen and oxygen atoms in total. The van der Waals surface area contributed by atoms with Crippen molar-refractivity contribution in [1.29, 1.82) is 0 Å². The highest BCUT2D eigenvalue weighted by atomic mass is 16.1. The molecule has 0 amide bonds. The molecule has 0 radical (unpaired) electrons. The van der Waals surface area contributed by atoms with Gasteiger partial charge in [-0.05, 0) is 36.3 Å². The molecule has 0 fully saturated rings. The Balaban J connectivity index is 3.08. The summed E-state index contributed by atoms with van der Waals surface area (Å²) in [6.45, 7) is 2.03. The molecule has 14 heavy (non-hydrogen) atoms. The minimum Gasteiger partial charge on any atom is -0.378 e. The lowest BCUT2D eigenvalue weighted by Crippen LogP contribution is -2.08. The van der Waals surface area contributed by atoms with E-state index < -0.39 is 0 Å². The minimum atomic E-state index is 0.793. The van der Waals surface area contributed by atoms with Gasteiger partial charge in [0, 0.05) is 19.8 Å². The summed E-state index contributed by atoms with van der Waals surface area (Å²) < 4.78 is 0. The molecule has 0 saturated carbocycles. The second-order valence-electron chi connectivity index (χ2n) is 3.43. The van der Waals surface area contributed by atoms with Gasteiger partial charge in [-0.25, -0.2) is 0 Å². The predicted octanol–water partition coefficient (Wildman–Crippen LogP) is 2.27. The minimum absolute atomic E-state index is 0.793. The van der Waals surface area contributed by atoms with Crippen LogP contribution in [0.15, 0.2) is 24.3 Å². The second-order valence-corrected chi connectivity index (χ2v) is 3.43. The molecule has 0 aromatic heterocycles. The topological polar surface area (TPSA) is 20.3 Å². The number of carbonyl (C=O) groups excluding carboxylic acids is 1. The standard InChI is InChI=1S/C12H15NO/c1-10-6-7-12(13(2)3)9-11(10)5-4-8-14/h4-9H,1-3H3. The van der Waals surface area contributed by atoms with Gasteiger partial charge in [0.05, 0.1) is 0 Å². The lowest BCUT2D eigenvalue weighted by molar-refractivity contribution is -0.104. The number of anilines is 1. The fraction of sp³-hybridized carbons (Fsp3) is 0.250. The van der Waals surface area contributed by atoms with Crippen molar-refractivity contribution < 1.29 is 4.79 Å². The Bertz CT molecular complexity index is 353. The first kappa shape index (κ1) is 10.5. The van der Waals surface area contributed by atoms with Crippen molar-refractivity contribution in [3.8, 4) is 0 Å². The van der Waals surface area contributed by atoms with Gasteiger partial charge in [0.2, 0.25) is 0 Å². The zero-order valence-electron chi connectivity index (χ0n) is 8.82. The molecular formula is C12H15NO. The van der Waals surface area contributed by atoms with Gasteiger partial charge in [0.1, 0.15) is 6.29 Å². The molecule has 0 aliphatic carbocycles. The van der Waals surface area contributed by atoms with E-state index in [-0.39, 0.29) is 0 Å². The summed E-state index contributed by atoms with van der Waals surface area (Å²) in [5.41, 5.74) is 3.40. The summed E-state index contributed by atoms with van der Waals surface area (Å²) in [5, 5.41) is 0. The molecule has 0 heterocycles.